The Balaban J connectivity index is 2.10. The van der Waals surface area contributed by atoms with Crippen LogP contribution in [0.25, 0.3) is 0 Å². The largest absolute Gasteiger partial charge is 0.345 e. The van der Waals surface area contributed by atoms with Gasteiger partial charge in [-0.1, -0.05) is 26.8 Å². The Kier molecular flexibility index (Phi) is 5.36. The van der Waals surface area contributed by atoms with Gasteiger partial charge in [0.1, 0.15) is 5.82 Å². The average molecular weight is 299 g/mol. The Morgan fingerprint density at radius 1 is 1.32 bits per heavy atom. The molecule has 0 saturated heterocycles. The van der Waals surface area contributed by atoms with E-state index < -0.39 is 0 Å². The predicted octanol–water partition coefficient (Wildman–Crippen LogP) is 3.11. The summed E-state index contributed by atoms with van der Waals surface area (Å²) in [7, 11) is 1.92. The highest BCUT2D eigenvalue weighted by molar-refractivity contribution is 5.94. The maximum atomic E-state index is 12.3. The fraction of sp³-hybridized carbons (Fsp3) is 0.444. The van der Waals surface area contributed by atoms with E-state index in [1.165, 1.54) is 11.1 Å². The summed E-state index contributed by atoms with van der Waals surface area (Å²) in [5.74, 6) is 1.38. The van der Waals surface area contributed by atoms with Gasteiger partial charge in [-0.25, -0.2) is 4.98 Å². The lowest BCUT2D eigenvalue weighted by Gasteiger charge is -2.13. The van der Waals surface area contributed by atoms with Crippen LogP contribution in [0.1, 0.15) is 48.1 Å². The van der Waals surface area contributed by atoms with E-state index in [0.29, 0.717) is 12.5 Å². The summed E-state index contributed by atoms with van der Waals surface area (Å²) in [6, 6.07) is 6.02. The standard InChI is InChI=1S/C18H25N3O/c1-5-14-6-7-15(11-16(14)10-13(2)3)18(22)20-12-17-19-8-9-21(17)4/h6-9,11,13H,5,10,12H2,1-4H3,(H,20,22). The summed E-state index contributed by atoms with van der Waals surface area (Å²) >= 11 is 0. The first-order valence-electron chi connectivity index (χ1n) is 7.87. The van der Waals surface area contributed by atoms with Crippen molar-refractivity contribution in [2.24, 2.45) is 13.0 Å². The lowest BCUT2D eigenvalue weighted by Crippen LogP contribution is -2.24. The number of hydrogen-bond donors (Lipinski definition) is 1. The van der Waals surface area contributed by atoms with E-state index in [1.807, 2.05) is 29.9 Å². The summed E-state index contributed by atoms with van der Waals surface area (Å²) in [6.45, 7) is 7.00. The fourth-order valence-electron chi connectivity index (χ4n) is 2.57. The van der Waals surface area contributed by atoms with Gasteiger partial charge < -0.3 is 9.88 Å². The molecule has 4 nitrogen and oxygen atoms in total. The van der Waals surface area contributed by atoms with E-state index in [4.69, 9.17) is 0 Å². The number of carbonyl (C=O) groups is 1. The molecule has 0 aliphatic heterocycles. The molecular weight excluding hydrogens is 274 g/mol. The first kappa shape index (κ1) is 16.3. The average Bonchev–Trinajstić information content (AvgIpc) is 2.89. The topological polar surface area (TPSA) is 46.9 Å². The minimum absolute atomic E-state index is 0.0457. The lowest BCUT2D eigenvalue weighted by atomic mass is 9.94. The molecule has 0 spiro atoms. The van der Waals surface area contributed by atoms with E-state index in [-0.39, 0.29) is 5.91 Å². The minimum atomic E-state index is -0.0457. The van der Waals surface area contributed by atoms with Crippen LogP contribution in [0.5, 0.6) is 0 Å². The van der Waals surface area contributed by atoms with Gasteiger partial charge >= 0.3 is 0 Å². The highest BCUT2D eigenvalue weighted by atomic mass is 16.1. The van der Waals surface area contributed by atoms with Crippen LogP contribution in [0.15, 0.2) is 30.6 Å². The fourth-order valence-corrected chi connectivity index (χ4v) is 2.57. The number of imidazole rings is 1. The molecule has 0 radical (unpaired) electrons. The number of amides is 1. The number of nitrogens with zero attached hydrogens (tertiary/aromatic N) is 2. The molecule has 0 aliphatic rings. The highest BCUT2D eigenvalue weighted by Gasteiger charge is 2.11. The Morgan fingerprint density at radius 3 is 2.68 bits per heavy atom. The van der Waals surface area contributed by atoms with Gasteiger partial charge in [0.25, 0.3) is 5.91 Å². The Bertz CT molecular complexity index is 644. The molecule has 2 aromatic rings. The van der Waals surface area contributed by atoms with Crippen molar-refractivity contribution in [2.75, 3.05) is 0 Å². The lowest BCUT2D eigenvalue weighted by molar-refractivity contribution is 0.0949. The predicted molar refractivity (Wildman–Crippen MR) is 88.7 cm³/mol. The van der Waals surface area contributed by atoms with Crippen LogP contribution in [0.4, 0.5) is 0 Å². The number of aromatic nitrogens is 2. The van der Waals surface area contributed by atoms with Gasteiger partial charge in [0.05, 0.1) is 6.54 Å². The van der Waals surface area contributed by atoms with Crippen molar-refractivity contribution in [1.29, 1.82) is 0 Å². The second-order valence-electron chi connectivity index (χ2n) is 6.07. The second-order valence-corrected chi connectivity index (χ2v) is 6.07. The van der Waals surface area contributed by atoms with Crippen molar-refractivity contribution in [3.63, 3.8) is 0 Å². The first-order chi connectivity index (χ1) is 10.5. The maximum Gasteiger partial charge on any atom is 0.251 e. The molecule has 0 fully saturated rings. The molecule has 1 N–H and O–H groups in total. The maximum absolute atomic E-state index is 12.3. The summed E-state index contributed by atoms with van der Waals surface area (Å²) in [5, 5.41) is 2.94. The Hall–Kier alpha value is -2.10. The molecular formula is C18H25N3O. The van der Waals surface area contributed by atoms with Crippen LogP contribution in [0, 0.1) is 5.92 Å². The summed E-state index contributed by atoms with van der Waals surface area (Å²) in [5.41, 5.74) is 3.33. The zero-order valence-corrected chi connectivity index (χ0v) is 13.9. The van der Waals surface area contributed by atoms with E-state index >= 15 is 0 Å². The molecule has 118 valence electrons. The van der Waals surface area contributed by atoms with E-state index in [2.05, 4.69) is 37.1 Å². The Labute approximate surface area is 132 Å². The van der Waals surface area contributed by atoms with Crippen LogP contribution in [-0.2, 0) is 26.4 Å². The number of benzene rings is 1. The zero-order chi connectivity index (χ0) is 16.1. The van der Waals surface area contributed by atoms with Gasteiger partial charge in [0, 0.05) is 25.0 Å². The molecule has 2 rings (SSSR count). The number of aryl methyl sites for hydroxylation is 2. The molecule has 4 heteroatoms. The molecule has 22 heavy (non-hydrogen) atoms. The van der Waals surface area contributed by atoms with Crippen molar-refractivity contribution in [2.45, 2.75) is 40.2 Å². The monoisotopic (exact) mass is 299 g/mol. The van der Waals surface area contributed by atoms with Crippen molar-refractivity contribution in [3.8, 4) is 0 Å². The molecule has 0 bridgehead atoms. The number of rotatable bonds is 6. The Morgan fingerprint density at radius 2 is 2.09 bits per heavy atom. The number of hydrogen-bond acceptors (Lipinski definition) is 2. The highest BCUT2D eigenvalue weighted by Crippen LogP contribution is 2.17. The molecule has 1 aromatic carbocycles. The van der Waals surface area contributed by atoms with Gasteiger partial charge in [0.15, 0.2) is 0 Å². The van der Waals surface area contributed by atoms with Crippen molar-refractivity contribution >= 4 is 5.91 Å². The van der Waals surface area contributed by atoms with Gasteiger partial charge in [0.2, 0.25) is 0 Å². The van der Waals surface area contributed by atoms with Gasteiger partial charge in [-0.05, 0) is 42.0 Å². The van der Waals surface area contributed by atoms with Crippen LogP contribution in [0.3, 0.4) is 0 Å². The van der Waals surface area contributed by atoms with Crippen molar-refractivity contribution in [3.05, 3.63) is 53.1 Å². The normalized spacial score (nSPS) is 11.0. The summed E-state index contributed by atoms with van der Waals surface area (Å²) in [6.07, 6.45) is 5.61. The van der Waals surface area contributed by atoms with Gasteiger partial charge in [-0.3, -0.25) is 4.79 Å². The molecule has 0 saturated carbocycles. The summed E-state index contributed by atoms with van der Waals surface area (Å²) < 4.78 is 1.91. The van der Waals surface area contributed by atoms with Crippen molar-refractivity contribution in [1.82, 2.24) is 14.9 Å². The second kappa shape index (κ2) is 7.25. The van der Waals surface area contributed by atoms with E-state index in [0.717, 1.165) is 24.2 Å². The van der Waals surface area contributed by atoms with Crippen LogP contribution >= 0.6 is 0 Å². The van der Waals surface area contributed by atoms with Crippen LogP contribution in [0.2, 0.25) is 0 Å². The van der Waals surface area contributed by atoms with Crippen LogP contribution in [-0.4, -0.2) is 15.5 Å². The SMILES string of the molecule is CCc1ccc(C(=O)NCc2nccn2C)cc1CC(C)C. The minimum Gasteiger partial charge on any atom is -0.345 e. The number of nitrogens with one attached hydrogen (secondary N) is 1. The zero-order valence-electron chi connectivity index (χ0n) is 13.9. The van der Waals surface area contributed by atoms with Gasteiger partial charge in [-0.15, -0.1) is 0 Å². The number of carbonyl (C=O) groups excluding carboxylic acids is 1. The van der Waals surface area contributed by atoms with Crippen molar-refractivity contribution < 1.29 is 4.79 Å². The summed E-state index contributed by atoms with van der Waals surface area (Å²) in [4.78, 5) is 16.6. The molecule has 1 heterocycles. The van der Waals surface area contributed by atoms with Crippen LogP contribution < -0.4 is 5.32 Å². The third-order valence-corrected chi connectivity index (χ3v) is 3.81. The molecule has 0 unspecified atom stereocenters. The third kappa shape index (κ3) is 3.97. The molecule has 1 amide bonds. The molecule has 0 atom stereocenters. The molecule has 1 aromatic heterocycles. The van der Waals surface area contributed by atoms with E-state index in [1.54, 1.807) is 6.20 Å². The molecule has 0 aliphatic carbocycles. The van der Waals surface area contributed by atoms with E-state index in [9.17, 15) is 4.79 Å². The first-order valence-corrected chi connectivity index (χ1v) is 7.87. The third-order valence-electron chi connectivity index (χ3n) is 3.81. The smallest absolute Gasteiger partial charge is 0.251 e. The van der Waals surface area contributed by atoms with Gasteiger partial charge in [-0.2, -0.15) is 0 Å². The quantitative estimate of drug-likeness (QED) is 0.891.